The molecule has 3 rings (SSSR count). The van der Waals surface area contributed by atoms with Gasteiger partial charge in [-0.2, -0.15) is 4.98 Å². The molecule has 0 fully saturated rings. The summed E-state index contributed by atoms with van der Waals surface area (Å²) in [5, 5.41) is 7.31. The number of aryl methyl sites for hydroxylation is 1. The molecule has 4 nitrogen and oxygen atoms in total. The van der Waals surface area contributed by atoms with Crippen molar-refractivity contribution in [3.8, 4) is 11.4 Å². The third-order valence-corrected chi connectivity index (χ3v) is 3.23. The Labute approximate surface area is 123 Å². The molecule has 1 heterocycles. The molecule has 0 radical (unpaired) electrons. The lowest BCUT2D eigenvalue weighted by molar-refractivity contribution is 0.367. The minimum absolute atomic E-state index is 0.563. The maximum absolute atomic E-state index is 5.26. The smallest absolute Gasteiger partial charge is 0.240 e. The average molecular weight is 279 g/mol. The van der Waals surface area contributed by atoms with E-state index in [0.29, 0.717) is 18.3 Å². The molecule has 0 atom stereocenters. The molecule has 0 aliphatic heterocycles. The van der Waals surface area contributed by atoms with Crippen LogP contribution in [0.25, 0.3) is 11.4 Å². The Bertz CT molecular complexity index is 690. The molecule has 4 heteroatoms. The van der Waals surface area contributed by atoms with Crippen molar-refractivity contribution in [2.45, 2.75) is 20.0 Å². The molecule has 0 aliphatic rings. The molecule has 0 saturated carbocycles. The lowest BCUT2D eigenvalue weighted by atomic mass is 10.1. The van der Waals surface area contributed by atoms with Crippen LogP contribution in [-0.2, 0) is 13.1 Å². The normalized spacial score (nSPS) is 10.7. The first-order chi connectivity index (χ1) is 10.3. The minimum atomic E-state index is 0.563. The van der Waals surface area contributed by atoms with Gasteiger partial charge in [0.2, 0.25) is 11.7 Å². The Morgan fingerprint density at radius 1 is 0.952 bits per heavy atom. The van der Waals surface area contributed by atoms with Crippen LogP contribution >= 0.6 is 0 Å². The van der Waals surface area contributed by atoms with Crippen molar-refractivity contribution in [3.05, 3.63) is 71.6 Å². The number of hydrogen-bond donors (Lipinski definition) is 1. The van der Waals surface area contributed by atoms with E-state index in [1.165, 1.54) is 11.1 Å². The molecule has 0 amide bonds. The second-order valence-electron chi connectivity index (χ2n) is 4.97. The molecule has 106 valence electrons. The fourth-order valence-electron chi connectivity index (χ4n) is 2.06. The molecule has 1 aromatic heterocycles. The highest BCUT2D eigenvalue weighted by atomic mass is 16.5. The van der Waals surface area contributed by atoms with Gasteiger partial charge in [0.25, 0.3) is 0 Å². The molecule has 2 aromatic carbocycles. The van der Waals surface area contributed by atoms with Gasteiger partial charge in [0.1, 0.15) is 0 Å². The maximum atomic E-state index is 5.26. The van der Waals surface area contributed by atoms with Gasteiger partial charge in [-0.05, 0) is 12.5 Å². The molecule has 0 bridgehead atoms. The third kappa shape index (κ3) is 3.55. The fourth-order valence-corrected chi connectivity index (χ4v) is 2.06. The summed E-state index contributed by atoms with van der Waals surface area (Å²) in [4.78, 5) is 4.40. The molecule has 0 spiro atoms. The second kappa shape index (κ2) is 6.33. The summed E-state index contributed by atoms with van der Waals surface area (Å²) < 4.78 is 5.26. The van der Waals surface area contributed by atoms with Crippen LogP contribution in [0.2, 0.25) is 0 Å². The SMILES string of the molecule is Cc1ccc(-c2noc(CNCc3ccccc3)n2)cc1. The van der Waals surface area contributed by atoms with Gasteiger partial charge in [-0.1, -0.05) is 65.3 Å². The first-order valence-electron chi connectivity index (χ1n) is 6.95. The summed E-state index contributed by atoms with van der Waals surface area (Å²) in [5.74, 6) is 1.23. The summed E-state index contributed by atoms with van der Waals surface area (Å²) in [5.41, 5.74) is 3.42. The van der Waals surface area contributed by atoms with Gasteiger partial charge in [-0.25, -0.2) is 0 Å². The van der Waals surface area contributed by atoms with Crippen molar-refractivity contribution < 1.29 is 4.52 Å². The first kappa shape index (κ1) is 13.5. The lowest BCUT2D eigenvalue weighted by Crippen LogP contribution is -2.12. The zero-order chi connectivity index (χ0) is 14.5. The van der Waals surface area contributed by atoms with Crippen LogP contribution in [0.3, 0.4) is 0 Å². The molecular formula is C17H17N3O. The predicted molar refractivity (Wildman–Crippen MR) is 81.5 cm³/mol. The Balaban J connectivity index is 1.59. The summed E-state index contributed by atoms with van der Waals surface area (Å²) in [6.07, 6.45) is 0. The topological polar surface area (TPSA) is 51.0 Å². The Morgan fingerprint density at radius 2 is 1.71 bits per heavy atom. The quantitative estimate of drug-likeness (QED) is 0.778. The van der Waals surface area contributed by atoms with Crippen LogP contribution in [0, 0.1) is 6.92 Å². The van der Waals surface area contributed by atoms with Crippen molar-refractivity contribution in [1.82, 2.24) is 15.5 Å². The summed E-state index contributed by atoms with van der Waals surface area (Å²) in [6, 6.07) is 18.3. The van der Waals surface area contributed by atoms with Gasteiger partial charge in [0.15, 0.2) is 0 Å². The Hall–Kier alpha value is -2.46. The summed E-state index contributed by atoms with van der Waals surface area (Å²) in [7, 11) is 0. The number of rotatable bonds is 5. The number of aromatic nitrogens is 2. The third-order valence-electron chi connectivity index (χ3n) is 3.23. The molecular weight excluding hydrogens is 262 g/mol. The molecule has 0 unspecified atom stereocenters. The van der Waals surface area contributed by atoms with Gasteiger partial charge in [-0.15, -0.1) is 0 Å². The van der Waals surface area contributed by atoms with E-state index in [-0.39, 0.29) is 0 Å². The fraction of sp³-hybridized carbons (Fsp3) is 0.176. The van der Waals surface area contributed by atoms with Gasteiger partial charge < -0.3 is 9.84 Å². The Morgan fingerprint density at radius 3 is 2.48 bits per heavy atom. The number of nitrogens with one attached hydrogen (secondary N) is 1. The van der Waals surface area contributed by atoms with Crippen LogP contribution in [0.5, 0.6) is 0 Å². The van der Waals surface area contributed by atoms with E-state index in [4.69, 9.17) is 4.52 Å². The largest absolute Gasteiger partial charge is 0.338 e. The summed E-state index contributed by atoms with van der Waals surface area (Å²) in [6.45, 7) is 3.40. The van der Waals surface area contributed by atoms with Gasteiger partial charge in [-0.3, -0.25) is 0 Å². The van der Waals surface area contributed by atoms with E-state index in [2.05, 4.69) is 34.5 Å². The monoisotopic (exact) mass is 279 g/mol. The van der Waals surface area contributed by atoms with Crippen molar-refractivity contribution in [3.63, 3.8) is 0 Å². The number of hydrogen-bond acceptors (Lipinski definition) is 4. The highest BCUT2D eigenvalue weighted by Gasteiger charge is 2.07. The Kier molecular flexibility index (Phi) is 4.07. The highest BCUT2D eigenvalue weighted by Crippen LogP contribution is 2.16. The van der Waals surface area contributed by atoms with E-state index in [1.54, 1.807) is 0 Å². The van der Waals surface area contributed by atoms with Gasteiger partial charge >= 0.3 is 0 Å². The summed E-state index contributed by atoms with van der Waals surface area (Å²) >= 11 is 0. The number of benzene rings is 2. The van der Waals surface area contributed by atoms with E-state index < -0.39 is 0 Å². The maximum Gasteiger partial charge on any atom is 0.240 e. The highest BCUT2D eigenvalue weighted by molar-refractivity contribution is 5.54. The van der Waals surface area contributed by atoms with Crippen LogP contribution in [0.15, 0.2) is 59.1 Å². The zero-order valence-corrected chi connectivity index (χ0v) is 11.9. The van der Waals surface area contributed by atoms with Crippen molar-refractivity contribution in [2.24, 2.45) is 0 Å². The van der Waals surface area contributed by atoms with Gasteiger partial charge in [0, 0.05) is 12.1 Å². The van der Waals surface area contributed by atoms with E-state index in [0.717, 1.165) is 12.1 Å². The molecule has 21 heavy (non-hydrogen) atoms. The van der Waals surface area contributed by atoms with Crippen LogP contribution < -0.4 is 5.32 Å². The first-order valence-corrected chi connectivity index (χ1v) is 6.95. The van der Waals surface area contributed by atoms with Gasteiger partial charge in [0.05, 0.1) is 6.54 Å². The molecule has 0 aliphatic carbocycles. The van der Waals surface area contributed by atoms with E-state index >= 15 is 0 Å². The van der Waals surface area contributed by atoms with Crippen molar-refractivity contribution in [1.29, 1.82) is 0 Å². The van der Waals surface area contributed by atoms with Crippen molar-refractivity contribution in [2.75, 3.05) is 0 Å². The van der Waals surface area contributed by atoms with E-state index in [9.17, 15) is 0 Å². The van der Waals surface area contributed by atoms with Crippen molar-refractivity contribution >= 4 is 0 Å². The lowest BCUT2D eigenvalue weighted by Gasteiger charge is -2.00. The minimum Gasteiger partial charge on any atom is -0.338 e. The standard InChI is InChI=1S/C17H17N3O/c1-13-7-9-15(10-8-13)17-19-16(21-20-17)12-18-11-14-5-3-2-4-6-14/h2-10,18H,11-12H2,1H3. The van der Waals surface area contributed by atoms with Crippen LogP contribution in [-0.4, -0.2) is 10.1 Å². The molecule has 0 saturated heterocycles. The number of nitrogens with zero attached hydrogens (tertiary/aromatic N) is 2. The average Bonchev–Trinajstić information content (AvgIpc) is 2.98. The molecule has 1 N–H and O–H groups in total. The van der Waals surface area contributed by atoms with Crippen LogP contribution in [0.4, 0.5) is 0 Å². The predicted octanol–water partition coefficient (Wildman–Crippen LogP) is 3.33. The molecule has 3 aromatic rings. The zero-order valence-electron chi connectivity index (χ0n) is 11.9. The van der Waals surface area contributed by atoms with Crippen LogP contribution in [0.1, 0.15) is 17.0 Å². The second-order valence-corrected chi connectivity index (χ2v) is 4.97. The van der Waals surface area contributed by atoms with E-state index in [1.807, 2.05) is 42.5 Å².